The molecule has 1 heterocycles. The average molecular weight is 415 g/mol. The highest BCUT2D eigenvalue weighted by Crippen LogP contribution is 2.33. The van der Waals surface area contributed by atoms with Crippen molar-refractivity contribution in [2.45, 2.75) is 63.3 Å². The van der Waals surface area contributed by atoms with Crippen LogP contribution >= 0.6 is 0 Å². The highest BCUT2D eigenvalue weighted by Gasteiger charge is 2.33. The highest BCUT2D eigenvalue weighted by atomic mass is 19.4. The molecule has 1 saturated heterocycles. The summed E-state index contributed by atoms with van der Waals surface area (Å²) in [6, 6.07) is 2.86. The second-order valence-electron chi connectivity index (χ2n) is 8.59. The molecule has 1 saturated carbocycles. The monoisotopic (exact) mass is 415 g/mol. The molecule has 0 atom stereocenters. The van der Waals surface area contributed by atoms with Crippen molar-refractivity contribution < 1.29 is 22.4 Å². The molecule has 0 spiro atoms. The fraction of sp³-hybridized carbons (Fsp3) is 0.667. The van der Waals surface area contributed by atoms with Gasteiger partial charge in [-0.3, -0.25) is 4.79 Å². The fourth-order valence-corrected chi connectivity index (χ4v) is 4.51. The molecular weight excluding hydrogens is 386 g/mol. The Morgan fingerprint density at radius 3 is 2.41 bits per heavy atom. The molecule has 0 radical (unpaired) electrons. The van der Waals surface area contributed by atoms with E-state index in [2.05, 4.69) is 10.2 Å². The topological polar surface area (TPSA) is 58.4 Å². The Labute approximate surface area is 168 Å². The molecule has 3 rings (SSSR count). The van der Waals surface area contributed by atoms with Gasteiger partial charge in [-0.05, 0) is 68.5 Å². The zero-order chi connectivity index (χ0) is 21.1. The van der Waals surface area contributed by atoms with Crippen LogP contribution in [0.25, 0.3) is 0 Å². The van der Waals surface area contributed by atoms with Crippen molar-refractivity contribution >= 4 is 11.6 Å². The Hall–Kier alpha value is -1.67. The lowest BCUT2D eigenvalue weighted by molar-refractivity contribution is -0.137. The molecule has 4 nitrogen and oxygen atoms in total. The quantitative estimate of drug-likeness (QED) is 0.674. The number of nitrogens with zero attached hydrogens (tertiary/aromatic N) is 1. The van der Waals surface area contributed by atoms with E-state index in [-0.39, 0.29) is 35.0 Å². The summed E-state index contributed by atoms with van der Waals surface area (Å²) in [5.41, 5.74) is 5.29. The van der Waals surface area contributed by atoms with E-state index in [1.165, 1.54) is 18.9 Å². The lowest BCUT2D eigenvalue weighted by Gasteiger charge is -2.37. The number of amides is 1. The SMILES string of the molecule is NC1(CN2CCC(CC(=O)Nc3cc(CF)cc(C(F)(F)F)c3)CC2)CCCC1. The van der Waals surface area contributed by atoms with E-state index in [0.29, 0.717) is 0 Å². The summed E-state index contributed by atoms with van der Waals surface area (Å²) in [5.74, 6) is -0.145. The van der Waals surface area contributed by atoms with Gasteiger partial charge in [-0.1, -0.05) is 12.8 Å². The van der Waals surface area contributed by atoms with Crippen LogP contribution in [0.2, 0.25) is 0 Å². The molecule has 0 unspecified atom stereocenters. The Balaban J connectivity index is 1.50. The molecule has 0 bridgehead atoms. The standard InChI is InChI=1S/C21H29F4N3O/c22-13-16-9-17(21(23,24)25)12-18(10-16)27-19(29)11-15-3-7-28(8-4-15)14-20(26)5-1-2-6-20/h9-10,12,15H,1-8,11,13-14,26H2,(H,27,29). The van der Waals surface area contributed by atoms with Crippen LogP contribution < -0.4 is 11.1 Å². The molecule has 1 amide bonds. The molecule has 8 heteroatoms. The van der Waals surface area contributed by atoms with Crippen molar-refractivity contribution in [2.24, 2.45) is 11.7 Å². The molecule has 1 aromatic rings. The van der Waals surface area contributed by atoms with Gasteiger partial charge in [0.25, 0.3) is 0 Å². The van der Waals surface area contributed by atoms with Gasteiger partial charge in [0.05, 0.1) is 5.56 Å². The van der Waals surface area contributed by atoms with E-state index in [1.807, 2.05) is 0 Å². The van der Waals surface area contributed by atoms with Crippen LogP contribution in [0, 0.1) is 5.92 Å². The summed E-state index contributed by atoms with van der Waals surface area (Å²) < 4.78 is 51.8. The Morgan fingerprint density at radius 1 is 1.17 bits per heavy atom. The number of likely N-dealkylation sites (tertiary alicyclic amines) is 1. The Kier molecular flexibility index (Phi) is 6.83. The van der Waals surface area contributed by atoms with Crippen LogP contribution in [0.5, 0.6) is 0 Å². The molecule has 29 heavy (non-hydrogen) atoms. The van der Waals surface area contributed by atoms with E-state index in [0.717, 1.165) is 57.5 Å². The van der Waals surface area contributed by atoms with E-state index in [9.17, 15) is 22.4 Å². The second-order valence-corrected chi connectivity index (χ2v) is 8.59. The maximum atomic E-state index is 13.0. The van der Waals surface area contributed by atoms with Crippen LogP contribution in [0.1, 0.15) is 56.1 Å². The number of piperidine rings is 1. The molecule has 162 valence electrons. The lowest BCUT2D eigenvalue weighted by Crippen LogP contribution is -2.50. The molecule has 3 N–H and O–H groups in total. The van der Waals surface area contributed by atoms with Crippen LogP contribution in [-0.4, -0.2) is 36.0 Å². The fourth-order valence-electron chi connectivity index (χ4n) is 4.51. The van der Waals surface area contributed by atoms with Gasteiger partial charge in [-0.15, -0.1) is 0 Å². The van der Waals surface area contributed by atoms with E-state index in [4.69, 9.17) is 5.73 Å². The van der Waals surface area contributed by atoms with Crippen molar-refractivity contribution in [1.29, 1.82) is 0 Å². The summed E-state index contributed by atoms with van der Waals surface area (Å²) in [4.78, 5) is 14.7. The van der Waals surface area contributed by atoms with E-state index >= 15 is 0 Å². The molecular formula is C21H29F4N3O. The first kappa shape index (κ1) is 22.0. The van der Waals surface area contributed by atoms with Gasteiger partial charge in [0.2, 0.25) is 5.91 Å². The maximum absolute atomic E-state index is 13.0. The number of rotatable bonds is 6. The Morgan fingerprint density at radius 2 is 1.83 bits per heavy atom. The smallest absolute Gasteiger partial charge is 0.326 e. The third-order valence-electron chi connectivity index (χ3n) is 6.08. The molecule has 1 aliphatic heterocycles. The van der Waals surface area contributed by atoms with Crippen LogP contribution in [-0.2, 0) is 17.6 Å². The summed E-state index contributed by atoms with van der Waals surface area (Å²) in [6.07, 6.45) is 1.89. The van der Waals surface area contributed by atoms with Gasteiger partial charge in [-0.2, -0.15) is 13.2 Å². The maximum Gasteiger partial charge on any atom is 0.416 e. The number of halogens is 4. The normalized spacial score (nSPS) is 20.7. The number of alkyl halides is 4. The second kappa shape index (κ2) is 9.00. The molecule has 2 aliphatic rings. The summed E-state index contributed by atoms with van der Waals surface area (Å²) in [6.45, 7) is 1.63. The summed E-state index contributed by atoms with van der Waals surface area (Å²) in [7, 11) is 0. The molecule has 1 aliphatic carbocycles. The minimum atomic E-state index is -4.59. The molecule has 0 aromatic heterocycles. The van der Waals surface area contributed by atoms with Gasteiger partial charge in [0.15, 0.2) is 0 Å². The van der Waals surface area contributed by atoms with Crippen molar-refractivity contribution in [3.8, 4) is 0 Å². The highest BCUT2D eigenvalue weighted by molar-refractivity contribution is 5.91. The Bertz CT molecular complexity index is 708. The van der Waals surface area contributed by atoms with Crippen molar-refractivity contribution in [1.82, 2.24) is 4.90 Å². The van der Waals surface area contributed by atoms with Crippen LogP contribution in [0.3, 0.4) is 0 Å². The number of hydrogen-bond acceptors (Lipinski definition) is 3. The number of benzene rings is 1. The number of anilines is 1. The number of carbonyl (C=O) groups is 1. The average Bonchev–Trinajstić information content (AvgIpc) is 3.08. The third-order valence-corrected chi connectivity index (χ3v) is 6.08. The third kappa shape index (κ3) is 6.15. The van der Waals surface area contributed by atoms with E-state index < -0.39 is 18.4 Å². The van der Waals surface area contributed by atoms with Crippen molar-refractivity contribution in [3.63, 3.8) is 0 Å². The summed E-state index contributed by atoms with van der Waals surface area (Å²) >= 11 is 0. The minimum Gasteiger partial charge on any atom is -0.326 e. The van der Waals surface area contributed by atoms with Crippen LogP contribution in [0.15, 0.2) is 18.2 Å². The first-order valence-electron chi connectivity index (χ1n) is 10.3. The number of nitrogens with two attached hydrogens (primary N) is 1. The van der Waals surface area contributed by atoms with Gasteiger partial charge in [0.1, 0.15) is 6.67 Å². The number of carbonyl (C=O) groups excluding carboxylic acids is 1. The number of nitrogens with one attached hydrogen (secondary N) is 1. The van der Waals surface area contributed by atoms with Crippen molar-refractivity contribution in [3.05, 3.63) is 29.3 Å². The van der Waals surface area contributed by atoms with Gasteiger partial charge in [0, 0.05) is 24.2 Å². The van der Waals surface area contributed by atoms with Gasteiger partial charge < -0.3 is 16.0 Å². The molecule has 2 fully saturated rings. The van der Waals surface area contributed by atoms with Crippen LogP contribution in [0.4, 0.5) is 23.2 Å². The first-order valence-corrected chi connectivity index (χ1v) is 10.3. The van der Waals surface area contributed by atoms with Gasteiger partial charge in [-0.25, -0.2) is 4.39 Å². The zero-order valence-electron chi connectivity index (χ0n) is 16.5. The first-order chi connectivity index (χ1) is 13.7. The zero-order valence-corrected chi connectivity index (χ0v) is 16.5. The lowest BCUT2D eigenvalue weighted by atomic mass is 9.91. The predicted molar refractivity (Wildman–Crippen MR) is 104 cm³/mol. The predicted octanol–water partition coefficient (Wildman–Crippen LogP) is 4.49. The van der Waals surface area contributed by atoms with Crippen molar-refractivity contribution in [2.75, 3.05) is 25.0 Å². The molecule has 1 aromatic carbocycles. The van der Waals surface area contributed by atoms with Gasteiger partial charge >= 0.3 is 6.18 Å². The van der Waals surface area contributed by atoms with E-state index in [1.54, 1.807) is 0 Å². The largest absolute Gasteiger partial charge is 0.416 e. The summed E-state index contributed by atoms with van der Waals surface area (Å²) in [5, 5.41) is 2.51. The number of hydrogen-bond donors (Lipinski definition) is 2. The minimum absolute atomic E-state index is 0.0128.